The highest BCUT2D eigenvalue weighted by Crippen LogP contribution is 2.46. The van der Waals surface area contributed by atoms with E-state index < -0.39 is 0 Å². The van der Waals surface area contributed by atoms with Crippen LogP contribution in [0.4, 0.5) is 0 Å². The van der Waals surface area contributed by atoms with Gasteiger partial charge in [0.05, 0.1) is 7.47 Å². The number of rotatable bonds is 2. The normalized spacial score (nSPS) is 13.0. The van der Waals surface area contributed by atoms with Gasteiger partial charge < -0.3 is 0 Å². The Bertz CT molecular complexity index is 648. The molecule has 0 heterocycles. The highest BCUT2D eigenvalue weighted by Gasteiger charge is 2.33. The molecule has 0 amide bonds. The Morgan fingerprint density at radius 1 is 0.700 bits per heavy atom. The third kappa shape index (κ3) is 2.27. The Kier molecular flexibility index (Phi) is 4.24. The van der Waals surface area contributed by atoms with Crippen LogP contribution in [0.1, 0.15) is 34.5 Å². The molecule has 0 fully saturated rings. The van der Waals surface area contributed by atoms with Gasteiger partial charge in [-0.15, -0.1) is 0 Å². The maximum atomic E-state index is 12.9. The van der Waals surface area contributed by atoms with Gasteiger partial charge in [-0.2, -0.15) is 0 Å². The zero-order valence-corrected chi connectivity index (χ0v) is 16.4. The van der Waals surface area contributed by atoms with Gasteiger partial charge in [-0.25, -0.2) is 0 Å². The maximum absolute atomic E-state index is 12.9. The van der Waals surface area contributed by atoms with E-state index in [1.165, 1.54) is 0 Å². The lowest BCUT2D eigenvalue weighted by Crippen LogP contribution is -2.03. The lowest BCUT2D eigenvalue weighted by molar-refractivity contribution is 0.104. The quantitative estimate of drug-likeness (QED) is 0.352. The smallest absolute Gasteiger partial charge is 0.194 e. The van der Waals surface area contributed by atoms with Crippen LogP contribution in [0.25, 0.3) is 11.1 Å². The number of carbonyl (C=O) groups excluding carboxylic acids is 1. The van der Waals surface area contributed by atoms with Gasteiger partial charge in [0.2, 0.25) is 0 Å². The number of carbonyl (C=O) groups is 1. The van der Waals surface area contributed by atoms with Crippen molar-refractivity contribution in [3.8, 4) is 11.1 Å². The first-order valence-corrected chi connectivity index (χ1v) is 9.56. The Morgan fingerprint density at radius 3 is 1.45 bits per heavy atom. The molecule has 1 aliphatic carbocycles. The van der Waals surface area contributed by atoms with Gasteiger partial charge in [-0.1, -0.05) is 100 Å². The summed E-state index contributed by atoms with van der Waals surface area (Å²) < 4.78 is -0.0641. The van der Waals surface area contributed by atoms with Crippen LogP contribution >= 0.6 is 63.7 Å². The summed E-state index contributed by atoms with van der Waals surface area (Å²) in [6.07, 6.45) is 0. The van der Waals surface area contributed by atoms with Crippen LogP contribution in [-0.4, -0.2) is 5.78 Å². The van der Waals surface area contributed by atoms with Crippen molar-refractivity contribution in [2.24, 2.45) is 0 Å². The summed E-state index contributed by atoms with van der Waals surface area (Å²) in [4.78, 5) is 12.9. The summed E-state index contributed by atoms with van der Waals surface area (Å²) in [5, 5.41) is 0. The van der Waals surface area contributed by atoms with Crippen molar-refractivity contribution in [3.05, 3.63) is 58.7 Å². The van der Waals surface area contributed by atoms with Gasteiger partial charge in [-0.3, -0.25) is 4.79 Å². The molecule has 0 saturated heterocycles. The van der Waals surface area contributed by atoms with Crippen LogP contribution in [0.5, 0.6) is 0 Å². The Hall–Kier alpha value is 0.0300. The Labute approximate surface area is 150 Å². The van der Waals surface area contributed by atoms with Crippen LogP contribution < -0.4 is 0 Å². The summed E-state index contributed by atoms with van der Waals surface area (Å²) in [5.74, 6) is 0.0917. The van der Waals surface area contributed by atoms with Crippen molar-refractivity contribution in [2.45, 2.75) is 7.47 Å². The summed E-state index contributed by atoms with van der Waals surface area (Å²) in [5.41, 5.74) is 5.53. The van der Waals surface area contributed by atoms with Gasteiger partial charge >= 0.3 is 0 Å². The van der Waals surface area contributed by atoms with E-state index in [0.717, 1.165) is 33.4 Å². The molecular formula is C15H8Br4O. The van der Waals surface area contributed by atoms with Crippen molar-refractivity contribution in [1.29, 1.82) is 0 Å². The van der Waals surface area contributed by atoms with E-state index in [1.807, 2.05) is 36.4 Å². The van der Waals surface area contributed by atoms with Crippen LogP contribution in [-0.2, 0) is 0 Å². The molecule has 5 heteroatoms. The maximum Gasteiger partial charge on any atom is 0.194 e. The average Bonchev–Trinajstić information content (AvgIpc) is 2.72. The van der Waals surface area contributed by atoms with Gasteiger partial charge in [0.15, 0.2) is 5.78 Å². The van der Waals surface area contributed by atoms with Gasteiger partial charge in [0.25, 0.3) is 0 Å². The fourth-order valence-electron chi connectivity index (χ4n) is 2.58. The predicted molar refractivity (Wildman–Crippen MR) is 96.5 cm³/mol. The number of ketones is 1. The van der Waals surface area contributed by atoms with Gasteiger partial charge in [0, 0.05) is 11.1 Å². The molecule has 2 aromatic carbocycles. The molecule has 0 radical (unpaired) electrons. The highest BCUT2D eigenvalue weighted by molar-refractivity contribution is 9.24. The average molecular weight is 524 g/mol. The van der Waals surface area contributed by atoms with Crippen LogP contribution in [0, 0.1) is 0 Å². The van der Waals surface area contributed by atoms with E-state index in [4.69, 9.17) is 0 Å². The SMILES string of the molecule is O=C1c2c(cccc2C(Br)Br)-c2cccc(C(Br)Br)c21. The van der Waals surface area contributed by atoms with E-state index in [2.05, 4.69) is 63.7 Å². The standard InChI is InChI=1S/C15H8Br4O/c16-14(17)9-5-1-3-7-8-4-2-6-10(15(18)19)12(8)13(20)11(7)9/h1-6,14-15H. The molecule has 0 unspecified atom stereocenters. The van der Waals surface area contributed by atoms with Crippen molar-refractivity contribution in [2.75, 3.05) is 0 Å². The number of benzene rings is 2. The zero-order valence-electron chi connectivity index (χ0n) is 10.0. The topological polar surface area (TPSA) is 17.1 Å². The number of hydrogen-bond donors (Lipinski definition) is 0. The minimum Gasteiger partial charge on any atom is -0.289 e. The molecule has 0 saturated carbocycles. The molecule has 0 spiro atoms. The number of halogens is 4. The lowest BCUT2D eigenvalue weighted by atomic mass is 10.0. The third-order valence-electron chi connectivity index (χ3n) is 3.41. The molecule has 0 aliphatic heterocycles. The minimum atomic E-state index is -0.0320. The first-order valence-electron chi connectivity index (χ1n) is 5.89. The minimum absolute atomic E-state index is 0.0320. The lowest BCUT2D eigenvalue weighted by Gasteiger charge is -2.08. The molecule has 3 rings (SSSR count). The number of fused-ring (bicyclic) bond motifs is 3. The second kappa shape index (κ2) is 5.67. The van der Waals surface area contributed by atoms with E-state index in [1.54, 1.807) is 0 Å². The molecule has 0 atom stereocenters. The van der Waals surface area contributed by atoms with Crippen molar-refractivity contribution in [3.63, 3.8) is 0 Å². The second-order valence-electron chi connectivity index (χ2n) is 4.47. The first kappa shape index (κ1) is 14.9. The molecule has 1 nitrogen and oxygen atoms in total. The fourth-order valence-corrected chi connectivity index (χ4v) is 4.11. The van der Waals surface area contributed by atoms with Crippen LogP contribution in [0.2, 0.25) is 0 Å². The summed E-state index contributed by atoms with van der Waals surface area (Å²) in [6.45, 7) is 0. The molecule has 2 aromatic rings. The zero-order chi connectivity index (χ0) is 14.4. The van der Waals surface area contributed by atoms with E-state index in [-0.39, 0.29) is 13.3 Å². The molecule has 0 aromatic heterocycles. The van der Waals surface area contributed by atoms with Crippen molar-refractivity contribution >= 4 is 69.5 Å². The molecule has 1 aliphatic rings. The number of hydrogen-bond acceptors (Lipinski definition) is 1. The van der Waals surface area contributed by atoms with Gasteiger partial charge in [0.1, 0.15) is 0 Å². The van der Waals surface area contributed by atoms with Gasteiger partial charge in [-0.05, 0) is 22.3 Å². The molecular weight excluding hydrogens is 516 g/mol. The van der Waals surface area contributed by atoms with E-state index >= 15 is 0 Å². The van der Waals surface area contributed by atoms with Crippen LogP contribution in [0.15, 0.2) is 36.4 Å². The molecule has 102 valence electrons. The number of alkyl halides is 4. The molecule has 20 heavy (non-hydrogen) atoms. The summed E-state index contributed by atoms with van der Waals surface area (Å²) >= 11 is 14.0. The highest BCUT2D eigenvalue weighted by atomic mass is 79.9. The van der Waals surface area contributed by atoms with E-state index in [9.17, 15) is 4.79 Å². The largest absolute Gasteiger partial charge is 0.289 e. The Morgan fingerprint density at radius 2 is 1.10 bits per heavy atom. The van der Waals surface area contributed by atoms with Crippen molar-refractivity contribution < 1.29 is 4.79 Å². The summed E-state index contributed by atoms with van der Waals surface area (Å²) in [7, 11) is 0. The molecule has 0 N–H and O–H groups in total. The first-order chi connectivity index (χ1) is 9.52. The predicted octanol–water partition coefficient (Wildman–Crippen LogP) is 6.47. The Balaban J connectivity index is 2.32. The molecule has 0 bridgehead atoms. The summed E-state index contributed by atoms with van der Waals surface area (Å²) in [6, 6.07) is 11.9. The third-order valence-corrected chi connectivity index (χ3v) is 5.38. The van der Waals surface area contributed by atoms with E-state index in [0.29, 0.717) is 0 Å². The fraction of sp³-hybridized carbons (Fsp3) is 0.133. The van der Waals surface area contributed by atoms with Crippen molar-refractivity contribution in [1.82, 2.24) is 0 Å². The second-order valence-corrected chi connectivity index (χ2v) is 10.6. The monoisotopic (exact) mass is 520 g/mol. The van der Waals surface area contributed by atoms with Crippen LogP contribution in [0.3, 0.4) is 0 Å².